The number of halogens is 2. The first-order chi connectivity index (χ1) is 20.6. The predicted octanol–water partition coefficient (Wildman–Crippen LogP) is 5.09. The Balaban J connectivity index is 0.000000192. The van der Waals surface area contributed by atoms with E-state index in [0.29, 0.717) is 11.8 Å². The smallest absolute Gasteiger partial charge is 1.00 e. The quantitative estimate of drug-likeness (QED) is 0.401. The molecule has 8 rings (SSSR count). The van der Waals surface area contributed by atoms with Gasteiger partial charge in [-0.25, -0.2) is 0 Å². The van der Waals surface area contributed by atoms with Crippen molar-refractivity contribution in [1.82, 2.24) is 0 Å². The maximum atomic E-state index is 2.39. The van der Waals surface area contributed by atoms with Crippen LogP contribution in [-0.2, 0) is 26.2 Å². The van der Waals surface area contributed by atoms with E-state index in [1.54, 1.807) is 0 Å². The van der Waals surface area contributed by atoms with E-state index in [2.05, 4.69) is 134 Å². The Hall–Kier alpha value is -1.30. The second-order valence-corrected chi connectivity index (χ2v) is 14.2. The minimum Gasteiger partial charge on any atom is -1.00 e. The van der Waals surface area contributed by atoms with Gasteiger partial charge in [-0.05, 0) is 117 Å². The normalized spacial score (nSPS) is 20.7. The zero-order valence-corrected chi connectivity index (χ0v) is 32.7. The molecule has 45 heavy (non-hydrogen) atoms. The summed E-state index contributed by atoms with van der Waals surface area (Å²) in [5.41, 5.74) is 14.2. The van der Waals surface area contributed by atoms with Gasteiger partial charge in [0, 0.05) is 31.5 Å². The molecule has 0 N–H and O–H groups in total. The van der Waals surface area contributed by atoms with Gasteiger partial charge in [0.05, 0.1) is 0 Å². The molecule has 0 amide bonds. The summed E-state index contributed by atoms with van der Waals surface area (Å²) in [7, 11) is 0. The van der Waals surface area contributed by atoms with E-state index < -0.39 is 0 Å². The van der Waals surface area contributed by atoms with E-state index in [1.807, 2.05) is 47.0 Å². The SMILES string of the molecule is CSC1=CC2=C(C3C=Cc4ccccc43)C=C(SC)C2=C1.CSC1=CC2=C(C3C=Cc4ccccc43)C=C(SC)C2=C1.[Cl-].[Cl-].[Zr+2]. The Labute approximate surface area is 316 Å². The van der Waals surface area contributed by atoms with E-state index in [9.17, 15) is 0 Å². The van der Waals surface area contributed by atoms with Gasteiger partial charge in [-0.1, -0.05) is 72.8 Å². The molecule has 2 aromatic rings. The van der Waals surface area contributed by atoms with Crippen molar-refractivity contribution in [3.63, 3.8) is 0 Å². The van der Waals surface area contributed by atoms with E-state index in [1.165, 1.54) is 75.3 Å². The maximum absolute atomic E-state index is 2.39. The van der Waals surface area contributed by atoms with E-state index in [4.69, 9.17) is 0 Å². The van der Waals surface area contributed by atoms with E-state index in [0.717, 1.165) is 0 Å². The maximum Gasteiger partial charge on any atom is 2.00 e. The summed E-state index contributed by atoms with van der Waals surface area (Å²) in [6.07, 6.45) is 32.0. The molecule has 0 aromatic heterocycles. The summed E-state index contributed by atoms with van der Waals surface area (Å²) >= 11 is 7.36. The first-order valence-corrected chi connectivity index (χ1v) is 19.0. The van der Waals surface area contributed by atoms with Crippen molar-refractivity contribution in [2.75, 3.05) is 25.0 Å². The Morgan fingerprint density at radius 1 is 0.489 bits per heavy atom. The van der Waals surface area contributed by atoms with Crippen LogP contribution in [0.4, 0.5) is 0 Å². The standard InChI is InChI=1S/2C19H16S2.2ClH.Zr/c2*1-20-13-9-16-17(11-19(21-2)18(16)10-13)15-8-7-12-5-3-4-6-14(12)15;;;/h2*3-11,15H,1-2H3;2*1H;/q;;;;+2/p-2. The largest absolute Gasteiger partial charge is 2.00 e. The number of hydrogen-bond acceptors (Lipinski definition) is 4. The van der Waals surface area contributed by atoms with E-state index >= 15 is 0 Å². The van der Waals surface area contributed by atoms with Crippen molar-refractivity contribution < 1.29 is 51.0 Å². The first-order valence-electron chi connectivity index (χ1n) is 14.1. The van der Waals surface area contributed by atoms with Gasteiger partial charge >= 0.3 is 26.2 Å². The summed E-state index contributed by atoms with van der Waals surface area (Å²) in [5.74, 6) is 0.809. The monoisotopic (exact) mass is 776 g/mol. The molecule has 2 atom stereocenters. The minimum atomic E-state index is 0. The van der Waals surface area contributed by atoms with Crippen LogP contribution in [0, 0.1) is 0 Å². The molecule has 0 saturated heterocycles. The van der Waals surface area contributed by atoms with Crippen molar-refractivity contribution in [3.8, 4) is 0 Å². The fourth-order valence-corrected chi connectivity index (χ4v) is 8.78. The summed E-state index contributed by atoms with van der Waals surface area (Å²) in [5, 5.41) is 0. The fraction of sp³-hybridized carbons (Fsp3) is 0.158. The molecule has 0 fully saturated rings. The third-order valence-electron chi connectivity index (χ3n) is 8.63. The number of benzene rings is 2. The molecular formula is C38H32Cl2S4Zr. The summed E-state index contributed by atoms with van der Waals surface area (Å²) in [4.78, 5) is 5.54. The molecule has 0 spiro atoms. The van der Waals surface area contributed by atoms with Gasteiger partial charge in [0.2, 0.25) is 0 Å². The van der Waals surface area contributed by atoms with Crippen LogP contribution in [0.25, 0.3) is 12.2 Å². The number of rotatable bonds is 6. The van der Waals surface area contributed by atoms with Crippen LogP contribution in [-0.4, -0.2) is 25.0 Å². The van der Waals surface area contributed by atoms with Gasteiger partial charge < -0.3 is 24.8 Å². The van der Waals surface area contributed by atoms with Gasteiger partial charge in [0.25, 0.3) is 0 Å². The number of hydrogen-bond donors (Lipinski definition) is 0. The molecule has 0 nitrogen and oxygen atoms in total. The van der Waals surface area contributed by atoms with Gasteiger partial charge in [-0.3, -0.25) is 0 Å². The molecule has 0 radical (unpaired) electrons. The average molecular weight is 779 g/mol. The molecule has 6 aliphatic rings. The average Bonchev–Trinajstić information content (AvgIpc) is 3.86. The predicted molar refractivity (Wildman–Crippen MR) is 193 cm³/mol. The van der Waals surface area contributed by atoms with Crippen molar-refractivity contribution >= 4 is 59.2 Å². The summed E-state index contributed by atoms with van der Waals surface area (Å²) in [6.45, 7) is 0. The van der Waals surface area contributed by atoms with Crippen LogP contribution in [0.5, 0.6) is 0 Å². The Morgan fingerprint density at radius 3 is 1.27 bits per heavy atom. The third-order valence-corrected chi connectivity index (χ3v) is 11.6. The molecule has 7 heteroatoms. The molecule has 0 heterocycles. The number of fused-ring (bicyclic) bond motifs is 4. The summed E-state index contributed by atoms with van der Waals surface area (Å²) < 4.78 is 0. The molecule has 226 valence electrons. The van der Waals surface area contributed by atoms with Crippen molar-refractivity contribution in [3.05, 3.63) is 172 Å². The zero-order chi connectivity index (χ0) is 28.8. The molecule has 0 bridgehead atoms. The van der Waals surface area contributed by atoms with Crippen LogP contribution in [0.1, 0.15) is 34.1 Å². The molecule has 0 saturated carbocycles. The fourth-order valence-electron chi connectivity index (χ4n) is 6.57. The topological polar surface area (TPSA) is 0 Å². The van der Waals surface area contributed by atoms with Crippen molar-refractivity contribution in [2.45, 2.75) is 11.8 Å². The zero-order valence-electron chi connectivity index (χ0n) is 25.4. The second-order valence-electron chi connectivity index (χ2n) is 10.7. The molecule has 0 aliphatic heterocycles. The number of thioether (sulfide) groups is 4. The van der Waals surface area contributed by atoms with Crippen LogP contribution < -0.4 is 24.8 Å². The Kier molecular flexibility index (Phi) is 12.8. The van der Waals surface area contributed by atoms with Crippen LogP contribution in [0.2, 0.25) is 0 Å². The van der Waals surface area contributed by atoms with Crippen LogP contribution >= 0.6 is 47.0 Å². The molecular weight excluding hydrogens is 747 g/mol. The van der Waals surface area contributed by atoms with Gasteiger partial charge in [0.15, 0.2) is 0 Å². The van der Waals surface area contributed by atoms with Gasteiger partial charge in [-0.2, -0.15) is 0 Å². The van der Waals surface area contributed by atoms with Gasteiger partial charge in [-0.15, -0.1) is 47.0 Å². The minimum absolute atomic E-state index is 0. The van der Waals surface area contributed by atoms with E-state index in [-0.39, 0.29) is 51.0 Å². The molecule has 6 aliphatic carbocycles. The summed E-state index contributed by atoms with van der Waals surface area (Å²) in [6, 6.07) is 17.5. The Morgan fingerprint density at radius 2 is 0.889 bits per heavy atom. The van der Waals surface area contributed by atoms with Crippen molar-refractivity contribution in [2.24, 2.45) is 0 Å². The molecule has 2 aromatic carbocycles. The van der Waals surface area contributed by atoms with Crippen LogP contribution in [0.3, 0.4) is 0 Å². The first kappa shape index (κ1) is 36.5. The van der Waals surface area contributed by atoms with Gasteiger partial charge in [0.1, 0.15) is 0 Å². The Bertz CT molecular complexity index is 1700. The van der Waals surface area contributed by atoms with Crippen LogP contribution in [0.15, 0.2) is 150 Å². The number of allylic oxidation sites excluding steroid dienone is 14. The second kappa shape index (κ2) is 15.7. The third kappa shape index (κ3) is 6.71. The molecule has 2 unspecified atom stereocenters. The van der Waals surface area contributed by atoms with Crippen molar-refractivity contribution in [1.29, 1.82) is 0 Å².